The molecule has 21 heavy (non-hydrogen) atoms. The number of likely N-dealkylation sites (tertiary alicyclic amines) is 1. The Hall–Kier alpha value is -1.76. The fourth-order valence-electron chi connectivity index (χ4n) is 2.53. The molecule has 1 aromatic carbocycles. The van der Waals surface area contributed by atoms with E-state index in [-0.39, 0.29) is 6.04 Å². The number of phenolic OH excluding ortho intramolecular Hbond substituents is 1. The second kappa shape index (κ2) is 6.34. The number of rotatable bonds is 3. The Bertz CT molecular complexity index is 550. The van der Waals surface area contributed by atoms with Gasteiger partial charge in [0.15, 0.2) is 17.4 Å². The largest absolute Gasteiger partial charge is 0.503 e. The van der Waals surface area contributed by atoms with Gasteiger partial charge in [-0.15, -0.1) is 0 Å². The van der Waals surface area contributed by atoms with Crippen LogP contribution in [-0.2, 0) is 0 Å². The number of aromatic hydroxyl groups is 1. The minimum atomic E-state index is -1.69. The number of hydrogen-bond donors (Lipinski definition) is 2. The minimum Gasteiger partial charge on any atom is -0.503 e. The third-order valence-corrected chi connectivity index (χ3v) is 3.56. The molecule has 0 aliphatic carbocycles. The average Bonchev–Trinajstić information content (AvgIpc) is 2.49. The lowest BCUT2D eigenvalue weighted by Gasteiger charge is -2.33. The molecule has 1 aromatic rings. The highest BCUT2D eigenvalue weighted by Gasteiger charge is 2.29. The maximum Gasteiger partial charge on any atom is 0.257 e. The van der Waals surface area contributed by atoms with Crippen LogP contribution >= 0.6 is 0 Å². The van der Waals surface area contributed by atoms with Crippen molar-refractivity contribution in [3.05, 3.63) is 29.1 Å². The Kier molecular flexibility index (Phi) is 4.72. The van der Waals surface area contributed by atoms with Crippen LogP contribution in [-0.4, -0.2) is 41.6 Å². The van der Waals surface area contributed by atoms with Gasteiger partial charge in [-0.1, -0.05) is 6.92 Å². The molecule has 2 N–H and O–H groups in total. The summed E-state index contributed by atoms with van der Waals surface area (Å²) in [5.74, 6) is -6.77. The molecule has 7 heteroatoms. The molecule has 0 bridgehead atoms. The summed E-state index contributed by atoms with van der Waals surface area (Å²) >= 11 is 0. The maximum absolute atomic E-state index is 13.8. The molecule has 4 nitrogen and oxygen atoms in total. The first-order chi connectivity index (χ1) is 9.95. The zero-order valence-corrected chi connectivity index (χ0v) is 11.6. The molecule has 1 amide bonds. The Morgan fingerprint density at radius 2 is 2.14 bits per heavy atom. The molecule has 0 radical (unpaired) electrons. The van der Waals surface area contributed by atoms with E-state index in [4.69, 9.17) is 0 Å². The van der Waals surface area contributed by atoms with Gasteiger partial charge in [0.25, 0.3) is 5.91 Å². The summed E-state index contributed by atoms with van der Waals surface area (Å²) in [6.45, 7) is 3.46. The quantitative estimate of drug-likeness (QED) is 0.840. The van der Waals surface area contributed by atoms with Gasteiger partial charge in [0, 0.05) is 19.1 Å². The first-order valence-electron chi connectivity index (χ1n) is 6.84. The molecule has 2 rings (SSSR count). The van der Waals surface area contributed by atoms with Gasteiger partial charge in [0.05, 0.1) is 5.56 Å². The highest BCUT2D eigenvalue weighted by Crippen LogP contribution is 2.27. The van der Waals surface area contributed by atoms with Crippen molar-refractivity contribution in [3.63, 3.8) is 0 Å². The van der Waals surface area contributed by atoms with Crippen LogP contribution in [0.1, 0.15) is 30.1 Å². The minimum absolute atomic E-state index is 0.0923. The van der Waals surface area contributed by atoms with Gasteiger partial charge < -0.3 is 15.3 Å². The molecular formula is C14H17F3N2O2. The standard InChI is InChI=1S/C14H17F3N2O2/c1-2-18-8-4-3-5-19(7-8)14(21)9-6-10(15)12(17)13(20)11(9)16/h6,8,18,20H,2-5,7H2,1H3. The van der Waals surface area contributed by atoms with Crippen LogP contribution < -0.4 is 5.32 Å². The van der Waals surface area contributed by atoms with E-state index >= 15 is 0 Å². The number of halogens is 3. The number of carbonyl (C=O) groups is 1. The molecule has 0 saturated carbocycles. The fourth-order valence-corrected chi connectivity index (χ4v) is 2.53. The molecule has 1 unspecified atom stereocenters. The third-order valence-electron chi connectivity index (χ3n) is 3.56. The van der Waals surface area contributed by atoms with Crippen LogP contribution in [0.15, 0.2) is 6.07 Å². The van der Waals surface area contributed by atoms with Gasteiger partial charge in [0.1, 0.15) is 0 Å². The zero-order valence-electron chi connectivity index (χ0n) is 11.6. The van der Waals surface area contributed by atoms with E-state index < -0.39 is 34.7 Å². The molecule has 0 spiro atoms. The predicted molar refractivity (Wildman–Crippen MR) is 70.6 cm³/mol. The van der Waals surface area contributed by atoms with Crippen molar-refractivity contribution in [1.82, 2.24) is 10.2 Å². The van der Waals surface area contributed by atoms with Gasteiger partial charge in [-0.2, -0.15) is 4.39 Å². The summed E-state index contributed by atoms with van der Waals surface area (Å²) in [5.41, 5.74) is -0.649. The summed E-state index contributed by atoms with van der Waals surface area (Å²) in [7, 11) is 0. The van der Waals surface area contributed by atoms with Crippen molar-refractivity contribution in [2.45, 2.75) is 25.8 Å². The highest BCUT2D eigenvalue weighted by molar-refractivity contribution is 5.95. The molecule has 0 aromatic heterocycles. The van der Waals surface area contributed by atoms with E-state index in [0.29, 0.717) is 19.2 Å². The second-order valence-corrected chi connectivity index (χ2v) is 5.03. The molecule has 1 fully saturated rings. The molecule has 1 heterocycles. The molecule has 1 saturated heterocycles. The molecule has 1 aliphatic heterocycles. The number of hydrogen-bond acceptors (Lipinski definition) is 3. The Balaban J connectivity index is 2.24. The van der Waals surface area contributed by atoms with Crippen molar-refractivity contribution >= 4 is 5.91 Å². The Morgan fingerprint density at radius 3 is 2.81 bits per heavy atom. The number of nitrogens with zero attached hydrogens (tertiary/aromatic N) is 1. The normalized spacial score (nSPS) is 18.9. The number of carbonyl (C=O) groups excluding carboxylic acids is 1. The van der Waals surface area contributed by atoms with Gasteiger partial charge in [0.2, 0.25) is 5.82 Å². The van der Waals surface area contributed by atoms with E-state index in [2.05, 4.69) is 5.32 Å². The smallest absolute Gasteiger partial charge is 0.257 e. The predicted octanol–water partition coefficient (Wildman–Crippen LogP) is 2.02. The van der Waals surface area contributed by atoms with Gasteiger partial charge in [-0.25, -0.2) is 8.78 Å². The molecular weight excluding hydrogens is 285 g/mol. The number of nitrogens with one attached hydrogen (secondary N) is 1. The monoisotopic (exact) mass is 302 g/mol. The lowest BCUT2D eigenvalue weighted by Crippen LogP contribution is -2.48. The van der Waals surface area contributed by atoms with E-state index in [0.717, 1.165) is 19.4 Å². The topological polar surface area (TPSA) is 52.6 Å². The Morgan fingerprint density at radius 1 is 1.43 bits per heavy atom. The number of benzene rings is 1. The van der Waals surface area contributed by atoms with Crippen molar-refractivity contribution in [3.8, 4) is 5.75 Å². The SMILES string of the molecule is CCNC1CCCN(C(=O)c2cc(F)c(F)c(O)c2F)C1. The number of likely N-dealkylation sites (N-methyl/N-ethyl adjacent to an activating group) is 1. The van der Waals surface area contributed by atoms with Crippen molar-refractivity contribution in [1.29, 1.82) is 0 Å². The summed E-state index contributed by atoms with van der Waals surface area (Å²) < 4.78 is 40.1. The third kappa shape index (κ3) is 3.12. The van der Waals surface area contributed by atoms with Gasteiger partial charge in [-0.3, -0.25) is 4.79 Å². The fraction of sp³-hybridized carbons (Fsp3) is 0.500. The highest BCUT2D eigenvalue weighted by atomic mass is 19.2. The average molecular weight is 302 g/mol. The van der Waals surface area contributed by atoms with E-state index in [1.165, 1.54) is 4.90 Å². The first-order valence-corrected chi connectivity index (χ1v) is 6.84. The lowest BCUT2D eigenvalue weighted by molar-refractivity contribution is 0.0689. The van der Waals surface area contributed by atoms with Crippen LogP contribution in [0, 0.1) is 17.5 Å². The molecule has 1 aliphatic rings. The van der Waals surface area contributed by atoms with Crippen LogP contribution in [0.5, 0.6) is 5.75 Å². The maximum atomic E-state index is 13.8. The lowest BCUT2D eigenvalue weighted by atomic mass is 10.0. The van der Waals surface area contributed by atoms with Gasteiger partial charge >= 0.3 is 0 Å². The molecule has 116 valence electrons. The Labute approximate surface area is 120 Å². The number of piperidine rings is 1. The number of phenols is 1. The number of amides is 1. The second-order valence-electron chi connectivity index (χ2n) is 5.03. The van der Waals surface area contributed by atoms with Crippen molar-refractivity contribution in [2.75, 3.05) is 19.6 Å². The summed E-state index contributed by atoms with van der Waals surface area (Å²) in [6.07, 6.45) is 1.63. The molecule has 1 atom stereocenters. The first kappa shape index (κ1) is 15.6. The van der Waals surface area contributed by atoms with Crippen molar-refractivity contribution in [2.24, 2.45) is 0 Å². The van der Waals surface area contributed by atoms with Crippen LogP contribution in [0.2, 0.25) is 0 Å². The van der Waals surface area contributed by atoms with E-state index in [1.54, 1.807) is 0 Å². The van der Waals surface area contributed by atoms with E-state index in [1.807, 2.05) is 6.92 Å². The van der Waals surface area contributed by atoms with Crippen LogP contribution in [0.25, 0.3) is 0 Å². The van der Waals surface area contributed by atoms with Crippen LogP contribution in [0.4, 0.5) is 13.2 Å². The van der Waals surface area contributed by atoms with Crippen LogP contribution in [0.3, 0.4) is 0 Å². The van der Waals surface area contributed by atoms with E-state index in [9.17, 15) is 23.1 Å². The summed E-state index contributed by atoms with van der Waals surface area (Å²) in [5, 5.41) is 12.4. The van der Waals surface area contributed by atoms with Gasteiger partial charge in [-0.05, 0) is 25.5 Å². The summed E-state index contributed by atoms with van der Waals surface area (Å²) in [6, 6.07) is 0.582. The zero-order chi connectivity index (χ0) is 15.6. The summed E-state index contributed by atoms with van der Waals surface area (Å²) in [4.78, 5) is 13.6. The van der Waals surface area contributed by atoms with Crippen molar-refractivity contribution < 1.29 is 23.1 Å².